The normalized spacial score (nSPS) is 12.9. The van der Waals surface area contributed by atoms with Gasteiger partial charge in [-0.1, -0.05) is 55.8 Å². The summed E-state index contributed by atoms with van der Waals surface area (Å²) in [5, 5.41) is 3.13. The van der Waals surface area contributed by atoms with Crippen molar-refractivity contribution in [2.24, 2.45) is 0 Å². The topological polar surface area (TPSA) is 69.7 Å². The Hall–Kier alpha value is -1.93. The molecule has 1 unspecified atom stereocenters. The Morgan fingerprint density at radius 2 is 1.69 bits per heavy atom. The SMILES string of the molecule is CCN(CC)C(CNC(=O)c1cc(S(=O)(=O)N(C)C)ccc1Cl)c1ccccc1. The molecular weight excluding hydrogens is 410 g/mol. The number of benzene rings is 2. The van der Waals surface area contributed by atoms with E-state index in [-0.39, 0.29) is 21.5 Å². The molecule has 0 heterocycles. The minimum Gasteiger partial charge on any atom is -0.350 e. The maximum absolute atomic E-state index is 12.8. The predicted octanol–water partition coefficient (Wildman–Crippen LogP) is 3.40. The van der Waals surface area contributed by atoms with Gasteiger partial charge in [0.05, 0.1) is 21.5 Å². The molecule has 0 fully saturated rings. The summed E-state index contributed by atoms with van der Waals surface area (Å²) < 4.78 is 25.9. The number of hydrogen-bond donors (Lipinski definition) is 1. The van der Waals surface area contributed by atoms with Gasteiger partial charge >= 0.3 is 0 Å². The van der Waals surface area contributed by atoms with Gasteiger partial charge in [-0.25, -0.2) is 12.7 Å². The summed E-state index contributed by atoms with van der Waals surface area (Å²) in [6, 6.07) is 14.1. The molecule has 1 N–H and O–H groups in total. The van der Waals surface area contributed by atoms with Gasteiger partial charge in [-0.15, -0.1) is 0 Å². The van der Waals surface area contributed by atoms with Crippen molar-refractivity contribution in [2.75, 3.05) is 33.7 Å². The molecule has 158 valence electrons. The maximum Gasteiger partial charge on any atom is 0.252 e. The Labute approximate surface area is 178 Å². The van der Waals surface area contributed by atoms with Crippen molar-refractivity contribution in [3.05, 3.63) is 64.7 Å². The summed E-state index contributed by atoms with van der Waals surface area (Å²) in [4.78, 5) is 15.1. The standard InChI is InChI=1S/C21H28ClN3O3S/c1-5-25(6-2)20(16-10-8-7-9-11-16)15-23-21(26)18-14-17(12-13-19(18)22)29(27,28)24(3)4/h7-14,20H,5-6,15H2,1-4H3,(H,23,26). The van der Waals surface area contributed by atoms with Crippen LogP contribution in [0.3, 0.4) is 0 Å². The summed E-state index contributed by atoms with van der Waals surface area (Å²) in [7, 11) is -0.773. The third kappa shape index (κ3) is 5.57. The number of hydrogen-bond acceptors (Lipinski definition) is 4. The van der Waals surface area contributed by atoms with E-state index in [1.165, 1.54) is 32.3 Å². The molecule has 0 aliphatic carbocycles. The monoisotopic (exact) mass is 437 g/mol. The molecular formula is C21H28ClN3O3S. The van der Waals surface area contributed by atoms with Crippen molar-refractivity contribution in [2.45, 2.75) is 24.8 Å². The lowest BCUT2D eigenvalue weighted by atomic mass is 10.0. The molecule has 0 aliphatic rings. The zero-order chi connectivity index (χ0) is 21.6. The first-order chi connectivity index (χ1) is 13.7. The average Bonchev–Trinajstić information content (AvgIpc) is 2.71. The van der Waals surface area contributed by atoms with Crippen molar-refractivity contribution in [3.63, 3.8) is 0 Å². The van der Waals surface area contributed by atoms with Gasteiger partial charge in [-0.05, 0) is 36.9 Å². The molecule has 1 amide bonds. The maximum atomic E-state index is 12.8. The Balaban J connectivity index is 2.26. The van der Waals surface area contributed by atoms with Gasteiger partial charge in [0.15, 0.2) is 0 Å². The summed E-state index contributed by atoms with van der Waals surface area (Å²) in [6.07, 6.45) is 0. The van der Waals surface area contributed by atoms with Crippen molar-refractivity contribution in [1.29, 1.82) is 0 Å². The van der Waals surface area contributed by atoms with E-state index in [0.29, 0.717) is 6.54 Å². The highest BCUT2D eigenvalue weighted by Crippen LogP contribution is 2.23. The first kappa shape index (κ1) is 23.3. The van der Waals surface area contributed by atoms with E-state index in [1.807, 2.05) is 30.3 Å². The molecule has 0 spiro atoms. The molecule has 1 atom stereocenters. The molecule has 2 rings (SSSR count). The van der Waals surface area contributed by atoms with Crippen LogP contribution in [0.1, 0.15) is 35.8 Å². The smallest absolute Gasteiger partial charge is 0.252 e. The van der Waals surface area contributed by atoms with Crippen LogP contribution in [0, 0.1) is 0 Å². The van der Waals surface area contributed by atoms with Gasteiger partial charge in [-0.2, -0.15) is 0 Å². The van der Waals surface area contributed by atoms with Crippen molar-refractivity contribution in [3.8, 4) is 0 Å². The second-order valence-electron chi connectivity index (χ2n) is 6.79. The molecule has 0 aliphatic heterocycles. The summed E-state index contributed by atoms with van der Waals surface area (Å²) in [6.45, 7) is 6.21. The van der Waals surface area contributed by atoms with Crippen molar-refractivity contribution >= 4 is 27.5 Å². The zero-order valence-corrected chi connectivity index (χ0v) is 18.8. The molecule has 0 radical (unpaired) electrons. The molecule has 0 aromatic heterocycles. The first-order valence-electron chi connectivity index (χ1n) is 9.51. The molecule has 0 saturated carbocycles. The van der Waals surface area contributed by atoms with Crippen molar-refractivity contribution < 1.29 is 13.2 Å². The van der Waals surface area contributed by atoms with E-state index in [0.717, 1.165) is 23.0 Å². The Bertz CT molecular complexity index is 929. The summed E-state index contributed by atoms with van der Waals surface area (Å²) >= 11 is 6.19. The largest absolute Gasteiger partial charge is 0.350 e. The molecule has 6 nitrogen and oxygen atoms in total. The third-order valence-electron chi connectivity index (χ3n) is 4.85. The van der Waals surface area contributed by atoms with Crippen LogP contribution in [0.15, 0.2) is 53.4 Å². The number of nitrogens with one attached hydrogen (secondary N) is 1. The highest BCUT2D eigenvalue weighted by molar-refractivity contribution is 7.89. The van der Waals surface area contributed by atoms with Crippen LogP contribution in [-0.2, 0) is 10.0 Å². The van der Waals surface area contributed by atoms with Crippen molar-refractivity contribution in [1.82, 2.24) is 14.5 Å². The van der Waals surface area contributed by atoms with Crippen LogP contribution in [0.2, 0.25) is 5.02 Å². The van der Waals surface area contributed by atoms with E-state index >= 15 is 0 Å². The van der Waals surface area contributed by atoms with Gasteiger partial charge in [-0.3, -0.25) is 9.69 Å². The second kappa shape index (κ2) is 10.2. The highest BCUT2D eigenvalue weighted by atomic mass is 35.5. The first-order valence-corrected chi connectivity index (χ1v) is 11.3. The lowest BCUT2D eigenvalue weighted by Gasteiger charge is -2.30. The Kier molecular flexibility index (Phi) is 8.22. The third-order valence-corrected chi connectivity index (χ3v) is 7.00. The number of nitrogens with zero attached hydrogens (tertiary/aromatic N) is 2. The number of amides is 1. The van der Waals surface area contributed by atoms with Crippen LogP contribution in [0.5, 0.6) is 0 Å². The number of likely N-dealkylation sites (N-methyl/N-ethyl adjacent to an activating group) is 1. The second-order valence-corrected chi connectivity index (χ2v) is 9.35. The van der Waals surface area contributed by atoms with E-state index in [1.54, 1.807) is 0 Å². The number of halogens is 1. The molecule has 0 saturated heterocycles. The van der Waals surface area contributed by atoms with Gasteiger partial charge in [0.1, 0.15) is 0 Å². The zero-order valence-electron chi connectivity index (χ0n) is 17.2. The highest BCUT2D eigenvalue weighted by Gasteiger charge is 2.23. The number of rotatable bonds is 9. The van der Waals surface area contributed by atoms with Crippen LogP contribution >= 0.6 is 11.6 Å². The predicted molar refractivity (Wildman–Crippen MR) is 117 cm³/mol. The number of carbonyl (C=O) groups excluding carboxylic acids is 1. The Morgan fingerprint density at radius 3 is 2.24 bits per heavy atom. The van der Waals surface area contributed by atoms with E-state index < -0.39 is 15.9 Å². The fraction of sp³-hybridized carbons (Fsp3) is 0.381. The average molecular weight is 438 g/mol. The molecule has 0 bridgehead atoms. The van der Waals surface area contributed by atoms with Crippen LogP contribution in [0.25, 0.3) is 0 Å². The van der Waals surface area contributed by atoms with Gasteiger partial charge in [0.2, 0.25) is 10.0 Å². The van der Waals surface area contributed by atoms with Crippen LogP contribution in [0.4, 0.5) is 0 Å². The lowest BCUT2D eigenvalue weighted by molar-refractivity contribution is 0.0935. The van der Waals surface area contributed by atoms with E-state index in [2.05, 4.69) is 24.1 Å². The van der Waals surface area contributed by atoms with E-state index in [9.17, 15) is 13.2 Å². The molecule has 8 heteroatoms. The fourth-order valence-corrected chi connectivity index (χ4v) is 4.26. The fourth-order valence-electron chi connectivity index (χ4n) is 3.13. The number of sulfonamides is 1. The minimum atomic E-state index is -3.66. The van der Waals surface area contributed by atoms with Gasteiger partial charge < -0.3 is 5.32 Å². The van der Waals surface area contributed by atoms with E-state index in [4.69, 9.17) is 11.6 Å². The molecule has 2 aromatic rings. The molecule has 2 aromatic carbocycles. The number of carbonyl (C=O) groups is 1. The summed E-state index contributed by atoms with van der Waals surface area (Å²) in [5.41, 5.74) is 1.24. The quantitative estimate of drug-likeness (QED) is 0.652. The Morgan fingerprint density at radius 1 is 1.07 bits per heavy atom. The van der Waals surface area contributed by atoms with Gasteiger partial charge in [0.25, 0.3) is 5.91 Å². The van der Waals surface area contributed by atoms with Crippen LogP contribution in [-0.4, -0.2) is 57.3 Å². The van der Waals surface area contributed by atoms with Gasteiger partial charge in [0, 0.05) is 20.6 Å². The summed E-state index contributed by atoms with van der Waals surface area (Å²) in [5.74, 6) is -0.404. The lowest BCUT2D eigenvalue weighted by Crippen LogP contribution is -2.38. The minimum absolute atomic E-state index is 0.00242. The van der Waals surface area contributed by atoms with Crippen LogP contribution < -0.4 is 5.32 Å². The molecule has 29 heavy (non-hydrogen) atoms.